The number of benzene rings is 9. The molecule has 0 saturated carbocycles. The fourth-order valence-electron chi connectivity index (χ4n) is 10.4. The van der Waals surface area contributed by atoms with Gasteiger partial charge in [-0.3, -0.25) is 4.57 Å². The first-order chi connectivity index (χ1) is 31.0. The third-order valence-corrected chi connectivity index (χ3v) is 13.3. The van der Waals surface area contributed by atoms with Gasteiger partial charge in [0.05, 0.1) is 11.0 Å². The minimum absolute atomic E-state index is 0.0871. The fourth-order valence-corrected chi connectivity index (χ4v) is 10.4. The van der Waals surface area contributed by atoms with Crippen LogP contribution in [0.2, 0.25) is 0 Å². The van der Waals surface area contributed by atoms with Crippen molar-refractivity contribution in [3.8, 4) is 62.1 Å². The molecule has 13 rings (SSSR count). The Balaban J connectivity index is 1.06. The van der Waals surface area contributed by atoms with Gasteiger partial charge in [-0.25, -0.2) is 4.98 Å². The maximum atomic E-state index is 6.35. The number of rotatable bonds is 5. The van der Waals surface area contributed by atoms with Crippen molar-refractivity contribution in [2.75, 3.05) is 0 Å². The van der Waals surface area contributed by atoms with E-state index in [1.165, 1.54) is 44.2 Å². The summed E-state index contributed by atoms with van der Waals surface area (Å²) in [5, 5.41) is 6.79. The van der Waals surface area contributed by atoms with Crippen LogP contribution in [0.5, 0.6) is 0 Å². The van der Waals surface area contributed by atoms with Crippen molar-refractivity contribution < 1.29 is 4.42 Å². The van der Waals surface area contributed by atoms with Gasteiger partial charge in [-0.15, -0.1) is 0 Å². The Labute approximate surface area is 363 Å². The quantitative estimate of drug-likeness (QED) is 0.174. The van der Waals surface area contributed by atoms with Crippen molar-refractivity contribution >= 4 is 54.5 Å². The third kappa shape index (κ3) is 5.26. The second-order valence-corrected chi connectivity index (χ2v) is 17.1. The van der Waals surface area contributed by atoms with E-state index in [1.54, 1.807) is 0 Å². The first-order valence-electron chi connectivity index (χ1n) is 21.5. The predicted molar refractivity (Wildman–Crippen MR) is 258 cm³/mol. The lowest BCUT2D eigenvalue weighted by Crippen LogP contribution is -2.14. The molecule has 3 heterocycles. The van der Waals surface area contributed by atoms with Crippen molar-refractivity contribution in [1.82, 2.24) is 19.5 Å². The minimum atomic E-state index is -0.0871. The second-order valence-electron chi connectivity index (χ2n) is 17.1. The topological polar surface area (TPSA) is 56.7 Å². The molecule has 12 aromatic rings. The molecule has 3 aromatic heterocycles. The molecule has 1 aliphatic carbocycles. The van der Waals surface area contributed by atoms with Crippen LogP contribution in [0, 0.1) is 0 Å². The van der Waals surface area contributed by atoms with Crippen LogP contribution in [0.3, 0.4) is 0 Å². The summed E-state index contributed by atoms with van der Waals surface area (Å²) in [4.78, 5) is 15.8. The Morgan fingerprint density at radius 1 is 0.397 bits per heavy atom. The van der Waals surface area contributed by atoms with Crippen LogP contribution in [-0.2, 0) is 5.41 Å². The molecule has 5 nitrogen and oxygen atoms in total. The van der Waals surface area contributed by atoms with Crippen LogP contribution >= 0.6 is 0 Å². The number of para-hydroxylation sites is 3. The normalized spacial score (nSPS) is 13.0. The van der Waals surface area contributed by atoms with E-state index in [0.29, 0.717) is 17.6 Å². The highest BCUT2D eigenvalue weighted by Crippen LogP contribution is 2.53. The van der Waals surface area contributed by atoms with Crippen molar-refractivity contribution in [1.29, 1.82) is 0 Å². The summed E-state index contributed by atoms with van der Waals surface area (Å²) in [5.74, 6) is 1.71. The first-order valence-corrected chi connectivity index (χ1v) is 21.5. The van der Waals surface area contributed by atoms with Crippen LogP contribution in [0.25, 0.3) is 117 Å². The highest BCUT2D eigenvalue weighted by atomic mass is 16.3. The highest BCUT2D eigenvalue weighted by Gasteiger charge is 2.36. The van der Waals surface area contributed by atoms with E-state index in [0.717, 1.165) is 66.0 Å². The number of aromatic nitrogens is 4. The van der Waals surface area contributed by atoms with Crippen LogP contribution in [0.4, 0.5) is 0 Å². The molecule has 0 unspecified atom stereocenters. The Morgan fingerprint density at radius 3 is 1.79 bits per heavy atom. The van der Waals surface area contributed by atoms with Crippen molar-refractivity contribution in [3.05, 3.63) is 205 Å². The molecule has 0 fully saturated rings. The molecule has 63 heavy (non-hydrogen) atoms. The van der Waals surface area contributed by atoms with Crippen LogP contribution < -0.4 is 0 Å². The van der Waals surface area contributed by atoms with Gasteiger partial charge >= 0.3 is 0 Å². The molecule has 0 saturated heterocycles. The average molecular weight is 807 g/mol. The van der Waals surface area contributed by atoms with Crippen LogP contribution in [0.15, 0.2) is 199 Å². The minimum Gasteiger partial charge on any atom is -0.456 e. The van der Waals surface area contributed by atoms with E-state index >= 15 is 0 Å². The highest BCUT2D eigenvalue weighted by molar-refractivity contribution is 6.17. The van der Waals surface area contributed by atoms with Crippen molar-refractivity contribution in [2.45, 2.75) is 19.3 Å². The summed E-state index contributed by atoms with van der Waals surface area (Å²) < 4.78 is 8.59. The van der Waals surface area contributed by atoms with Gasteiger partial charge in [0.1, 0.15) is 11.2 Å². The molecule has 296 valence electrons. The molecule has 0 bridgehead atoms. The average Bonchev–Trinajstić information content (AvgIpc) is 3.96. The molecule has 0 amide bonds. The van der Waals surface area contributed by atoms with Gasteiger partial charge in [0, 0.05) is 43.7 Å². The molecular weight excluding hydrogens is 769 g/mol. The summed E-state index contributed by atoms with van der Waals surface area (Å²) >= 11 is 0. The van der Waals surface area contributed by atoms with E-state index in [-0.39, 0.29) is 5.41 Å². The smallest absolute Gasteiger partial charge is 0.238 e. The number of hydrogen-bond acceptors (Lipinski definition) is 4. The number of fused-ring (bicyclic) bond motifs is 10. The maximum Gasteiger partial charge on any atom is 0.238 e. The number of nitrogens with zero attached hydrogens (tertiary/aromatic N) is 4. The molecule has 9 aromatic carbocycles. The van der Waals surface area contributed by atoms with Gasteiger partial charge in [-0.05, 0) is 74.0 Å². The zero-order chi connectivity index (χ0) is 41.8. The number of hydrogen-bond donors (Lipinski definition) is 0. The predicted octanol–water partition coefficient (Wildman–Crippen LogP) is 15.0. The monoisotopic (exact) mass is 806 g/mol. The molecule has 0 atom stereocenters. The summed E-state index contributed by atoms with van der Waals surface area (Å²) in [6.07, 6.45) is 0. The second kappa shape index (κ2) is 13.4. The summed E-state index contributed by atoms with van der Waals surface area (Å²) in [6, 6.07) is 69.0. The van der Waals surface area contributed by atoms with Crippen LogP contribution in [0.1, 0.15) is 25.0 Å². The van der Waals surface area contributed by atoms with Crippen molar-refractivity contribution in [3.63, 3.8) is 0 Å². The Kier molecular flexibility index (Phi) is 7.58. The Hall–Kier alpha value is -8.15. The largest absolute Gasteiger partial charge is 0.456 e. The Morgan fingerprint density at radius 2 is 0.968 bits per heavy atom. The van der Waals surface area contributed by atoms with Gasteiger partial charge < -0.3 is 4.42 Å². The SMILES string of the molecule is CC1(C)c2ccccc2-c2c(-c3cccc4c(-c5cccc6c7ccccc7n(-c7nc(-c8ccccc8)nc(-c8ccc9c(c8)oc8ccccc89)n7)c56)cccc34)cccc21. The van der Waals surface area contributed by atoms with E-state index < -0.39 is 0 Å². The fraction of sp³-hybridized carbons (Fsp3) is 0.0517. The molecule has 0 radical (unpaired) electrons. The number of furan rings is 1. The lowest BCUT2D eigenvalue weighted by atomic mass is 9.81. The van der Waals surface area contributed by atoms with Gasteiger partial charge in [0.25, 0.3) is 0 Å². The van der Waals surface area contributed by atoms with E-state index in [2.05, 4.69) is 176 Å². The van der Waals surface area contributed by atoms with Gasteiger partial charge in [-0.2, -0.15) is 9.97 Å². The van der Waals surface area contributed by atoms with E-state index in [4.69, 9.17) is 19.4 Å². The summed E-state index contributed by atoms with van der Waals surface area (Å²) in [6.45, 7) is 4.69. The molecule has 1 aliphatic rings. The van der Waals surface area contributed by atoms with E-state index in [9.17, 15) is 0 Å². The Bertz CT molecular complexity index is 3840. The molecular formula is C58H38N4O. The lowest BCUT2D eigenvalue weighted by molar-refractivity contribution is 0.660. The third-order valence-electron chi connectivity index (χ3n) is 13.3. The first kappa shape index (κ1) is 35.6. The van der Waals surface area contributed by atoms with E-state index in [1.807, 2.05) is 36.4 Å². The summed E-state index contributed by atoms with van der Waals surface area (Å²) in [7, 11) is 0. The van der Waals surface area contributed by atoms with Gasteiger partial charge in [0.2, 0.25) is 5.95 Å². The molecule has 0 spiro atoms. The summed E-state index contributed by atoms with van der Waals surface area (Å²) in [5.41, 5.74) is 15.5. The van der Waals surface area contributed by atoms with Crippen molar-refractivity contribution in [2.24, 2.45) is 0 Å². The molecule has 0 aliphatic heterocycles. The standard InChI is InChI=1S/C58H38N4O/c1-58(2)48-28-9-6-20-47(48)53-44(25-15-29-49(53)58)39-23-12-22-38-37(39)21-13-24-40(38)45-26-14-27-46-41-18-7-10-30-50(41)62(54(45)46)57-60-55(35-16-4-3-5-17-35)59-56(61-57)36-32-33-43-42-19-8-11-31-51(42)63-52(43)34-36/h3-34H,1-2H3. The maximum absolute atomic E-state index is 6.35. The van der Waals surface area contributed by atoms with Gasteiger partial charge in [-0.1, -0.05) is 184 Å². The van der Waals surface area contributed by atoms with Gasteiger partial charge in [0.15, 0.2) is 11.6 Å². The zero-order valence-electron chi connectivity index (χ0n) is 34.7. The molecule has 5 heteroatoms. The lowest BCUT2D eigenvalue weighted by Gasteiger charge is -2.21. The zero-order valence-corrected chi connectivity index (χ0v) is 34.7. The van der Waals surface area contributed by atoms with Crippen LogP contribution in [-0.4, -0.2) is 19.5 Å². The molecule has 0 N–H and O–H groups in total.